The molecule has 0 aliphatic rings. The molecule has 1 aromatic carbocycles. The Labute approximate surface area is 149 Å². The third kappa shape index (κ3) is 4.91. The summed E-state index contributed by atoms with van der Waals surface area (Å²) < 4.78 is 40.2. The van der Waals surface area contributed by atoms with Crippen LogP contribution in [0.15, 0.2) is 59.9 Å². The van der Waals surface area contributed by atoms with Crippen LogP contribution in [0.25, 0.3) is 11.3 Å². The molecule has 0 spiro atoms. The molecule has 138 valence electrons. The molecule has 2 N–H and O–H groups in total. The van der Waals surface area contributed by atoms with Crippen LogP contribution in [0.5, 0.6) is 5.75 Å². The number of aromatic nitrogens is 3. The van der Waals surface area contributed by atoms with E-state index in [0.717, 1.165) is 18.2 Å². The summed E-state index contributed by atoms with van der Waals surface area (Å²) >= 11 is 0. The molecule has 0 atom stereocenters. The predicted octanol–water partition coefficient (Wildman–Crippen LogP) is 2.98. The Hall–Kier alpha value is -3.69. The summed E-state index contributed by atoms with van der Waals surface area (Å²) in [4.78, 5) is 34.4. The van der Waals surface area contributed by atoms with Crippen LogP contribution >= 0.6 is 0 Å². The second kappa shape index (κ2) is 7.28. The van der Waals surface area contributed by atoms with Crippen molar-refractivity contribution in [3.63, 3.8) is 0 Å². The SMILES string of the molecule is O=C(Nc1ccc(OC(F)(F)F)cc1)c1cc(-c2cncnc2)[nH]c(=O)c1. The third-order valence-corrected chi connectivity index (χ3v) is 3.32. The van der Waals surface area contributed by atoms with Crippen LogP contribution in [0.3, 0.4) is 0 Å². The van der Waals surface area contributed by atoms with Gasteiger partial charge in [0.25, 0.3) is 5.91 Å². The maximum Gasteiger partial charge on any atom is 0.573 e. The van der Waals surface area contributed by atoms with Gasteiger partial charge in [-0.05, 0) is 30.3 Å². The number of hydrogen-bond donors (Lipinski definition) is 2. The number of amides is 1. The number of hydrogen-bond acceptors (Lipinski definition) is 5. The van der Waals surface area contributed by atoms with Gasteiger partial charge in [-0.2, -0.15) is 0 Å². The van der Waals surface area contributed by atoms with Crippen LogP contribution in [0, 0.1) is 0 Å². The number of benzene rings is 1. The smallest absolute Gasteiger partial charge is 0.406 e. The van der Waals surface area contributed by atoms with E-state index in [9.17, 15) is 22.8 Å². The normalized spacial score (nSPS) is 11.1. The molecule has 2 heterocycles. The number of H-pyrrole nitrogens is 1. The molecule has 0 saturated heterocycles. The van der Waals surface area contributed by atoms with E-state index in [1.54, 1.807) is 0 Å². The van der Waals surface area contributed by atoms with Crippen LogP contribution in [-0.4, -0.2) is 27.2 Å². The Morgan fingerprint density at radius 3 is 2.37 bits per heavy atom. The highest BCUT2D eigenvalue weighted by atomic mass is 19.4. The summed E-state index contributed by atoms with van der Waals surface area (Å²) in [7, 11) is 0. The Kier molecular flexibility index (Phi) is 4.88. The Bertz CT molecular complexity index is 1000. The van der Waals surface area contributed by atoms with Gasteiger partial charge in [0, 0.05) is 35.3 Å². The van der Waals surface area contributed by atoms with Crippen molar-refractivity contribution in [3.8, 4) is 17.0 Å². The summed E-state index contributed by atoms with van der Waals surface area (Å²) in [6.07, 6.45) is -0.531. The zero-order valence-corrected chi connectivity index (χ0v) is 13.4. The number of ether oxygens (including phenoxy) is 1. The van der Waals surface area contributed by atoms with Gasteiger partial charge in [0.05, 0.1) is 5.69 Å². The number of carbonyl (C=O) groups excluding carboxylic acids is 1. The van der Waals surface area contributed by atoms with Crippen LogP contribution in [0.4, 0.5) is 18.9 Å². The molecule has 0 aliphatic heterocycles. The van der Waals surface area contributed by atoms with Crippen LogP contribution < -0.4 is 15.6 Å². The van der Waals surface area contributed by atoms with Crippen molar-refractivity contribution < 1.29 is 22.7 Å². The maximum atomic E-state index is 12.4. The molecule has 3 aromatic rings. The van der Waals surface area contributed by atoms with E-state index < -0.39 is 23.6 Å². The fourth-order valence-corrected chi connectivity index (χ4v) is 2.21. The van der Waals surface area contributed by atoms with Gasteiger partial charge in [-0.25, -0.2) is 9.97 Å². The van der Waals surface area contributed by atoms with Crippen LogP contribution in [0.1, 0.15) is 10.4 Å². The molecular formula is C17H11F3N4O3. The summed E-state index contributed by atoms with van der Waals surface area (Å²) in [5.41, 5.74) is 0.656. The molecule has 7 nitrogen and oxygen atoms in total. The lowest BCUT2D eigenvalue weighted by atomic mass is 10.1. The van der Waals surface area contributed by atoms with E-state index in [4.69, 9.17) is 0 Å². The van der Waals surface area contributed by atoms with Crippen molar-refractivity contribution in [2.24, 2.45) is 0 Å². The molecule has 0 radical (unpaired) electrons. The minimum absolute atomic E-state index is 0.0632. The van der Waals surface area contributed by atoms with E-state index in [1.165, 1.54) is 36.9 Å². The average molecular weight is 376 g/mol. The fourth-order valence-electron chi connectivity index (χ4n) is 2.21. The molecule has 10 heteroatoms. The van der Waals surface area contributed by atoms with Gasteiger partial charge in [0.15, 0.2) is 0 Å². The van der Waals surface area contributed by atoms with E-state index in [-0.39, 0.29) is 11.3 Å². The lowest BCUT2D eigenvalue weighted by Crippen LogP contribution is -2.18. The highest BCUT2D eigenvalue weighted by molar-refractivity contribution is 6.04. The number of halogens is 3. The number of nitrogens with zero attached hydrogens (tertiary/aromatic N) is 2. The highest BCUT2D eigenvalue weighted by Gasteiger charge is 2.30. The van der Waals surface area contributed by atoms with E-state index >= 15 is 0 Å². The first-order chi connectivity index (χ1) is 12.8. The van der Waals surface area contributed by atoms with Gasteiger partial charge in [-0.15, -0.1) is 13.2 Å². The third-order valence-electron chi connectivity index (χ3n) is 3.32. The molecule has 1 amide bonds. The first-order valence-corrected chi connectivity index (χ1v) is 7.47. The van der Waals surface area contributed by atoms with Crippen molar-refractivity contribution in [1.29, 1.82) is 0 Å². The molecule has 0 bridgehead atoms. The molecule has 0 unspecified atom stereocenters. The first-order valence-electron chi connectivity index (χ1n) is 7.47. The second-order valence-electron chi connectivity index (χ2n) is 5.30. The molecule has 0 fully saturated rings. The van der Waals surface area contributed by atoms with Crippen molar-refractivity contribution in [1.82, 2.24) is 15.0 Å². The molecule has 2 aromatic heterocycles. The largest absolute Gasteiger partial charge is 0.573 e. The quantitative estimate of drug-likeness (QED) is 0.730. The van der Waals surface area contributed by atoms with Gasteiger partial charge in [-0.3, -0.25) is 9.59 Å². The molecule has 0 aliphatic carbocycles. The minimum Gasteiger partial charge on any atom is -0.406 e. The number of carbonyl (C=O) groups is 1. The van der Waals surface area contributed by atoms with E-state index in [2.05, 4.69) is 25.0 Å². The van der Waals surface area contributed by atoms with Gasteiger partial charge >= 0.3 is 6.36 Å². The number of pyridine rings is 1. The van der Waals surface area contributed by atoms with Crippen LogP contribution in [-0.2, 0) is 0 Å². The minimum atomic E-state index is -4.80. The van der Waals surface area contributed by atoms with Gasteiger partial charge in [0.2, 0.25) is 5.56 Å². The number of anilines is 1. The summed E-state index contributed by atoms with van der Waals surface area (Å²) in [5, 5.41) is 2.49. The summed E-state index contributed by atoms with van der Waals surface area (Å²) in [6.45, 7) is 0. The second-order valence-corrected chi connectivity index (χ2v) is 5.30. The number of rotatable bonds is 4. The van der Waals surface area contributed by atoms with Crippen molar-refractivity contribution in [3.05, 3.63) is 71.0 Å². The number of nitrogens with one attached hydrogen (secondary N) is 2. The zero-order valence-electron chi connectivity index (χ0n) is 13.4. The van der Waals surface area contributed by atoms with Crippen molar-refractivity contribution >= 4 is 11.6 Å². The Morgan fingerprint density at radius 1 is 1.07 bits per heavy atom. The molecule has 27 heavy (non-hydrogen) atoms. The lowest BCUT2D eigenvalue weighted by molar-refractivity contribution is -0.274. The molecule has 3 rings (SSSR count). The molecular weight excluding hydrogens is 365 g/mol. The van der Waals surface area contributed by atoms with E-state index in [1.807, 2.05) is 0 Å². The van der Waals surface area contributed by atoms with Gasteiger partial charge in [-0.1, -0.05) is 0 Å². The maximum absolute atomic E-state index is 12.4. The standard InChI is InChI=1S/C17H11F3N4O3/c18-17(19,20)27-13-3-1-12(2-4-13)23-16(26)10-5-14(24-15(25)6-10)11-7-21-9-22-8-11/h1-9H,(H,23,26)(H,24,25). The number of alkyl halides is 3. The monoisotopic (exact) mass is 376 g/mol. The Morgan fingerprint density at radius 2 is 1.74 bits per heavy atom. The van der Waals surface area contributed by atoms with Gasteiger partial charge in [0.1, 0.15) is 12.1 Å². The average Bonchev–Trinajstić information content (AvgIpc) is 2.62. The zero-order chi connectivity index (χ0) is 19.4. The van der Waals surface area contributed by atoms with Crippen LogP contribution in [0.2, 0.25) is 0 Å². The predicted molar refractivity (Wildman–Crippen MR) is 89.2 cm³/mol. The Balaban J connectivity index is 1.78. The topological polar surface area (TPSA) is 97.0 Å². The molecule has 0 saturated carbocycles. The van der Waals surface area contributed by atoms with E-state index in [0.29, 0.717) is 11.3 Å². The van der Waals surface area contributed by atoms with Crippen molar-refractivity contribution in [2.75, 3.05) is 5.32 Å². The lowest BCUT2D eigenvalue weighted by Gasteiger charge is -2.10. The summed E-state index contributed by atoms with van der Waals surface area (Å²) in [6, 6.07) is 7.16. The van der Waals surface area contributed by atoms with Crippen molar-refractivity contribution in [2.45, 2.75) is 6.36 Å². The first kappa shape index (κ1) is 18.1. The summed E-state index contributed by atoms with van der Waals surface area (Å²) in [5.74, 6) is -1.02. The fraction of sp³-hybridized carbons (Fsp3) is 0.0588. The number of aromatic amines is 1. The van der Waals surface area contributed by atoms with Gasteiger partial charge < -0.3 is 15.0 Å². The highest BCUT2D eigenvalue weighted by Crippen LogP contribution is 2.24.